The number of ether oxygens (including phenoxy) is 4. The second kappa shape index (κ2) is 14.4. The quantitative estimate of drug-likeness (QED) is 0.135. The van der Waals surface area contributed by atoms with E-state index in [0.29, 0.717) is 0 Å². The Morgan fingerprint density at radius 3 is 1.21 bits per heavy atom. The van der Waals surface area contributed by atoms with Gasteiger partial charge in [0, 0.05) is 23.5 Å². The van der Waals surface area contributed by atoms with E-state index >= 15 is 0 Å². The first kappa shape index (κ1) is 31.0. The maximum absolute atomic E-state index is 5.50. The number of hydrogen-bond donors (Lipinski definition) is 0. The van der Waals surface area contributed by atoms with E-state index in [2.05, 4.69) is 78.9 Å². The molecular formula is C41H36N2O4. The number of para-hydroxylation sites is 1. The van der Waals surface area contributed by atoms with Crippen LogP contribution in [0.2, 0.25) is 0 Å². The van der Waals surface area contributed by atoms with E-state index in [-0.39, 0.29) is 0 Å². The summed E-state index contributed by atoms with van der Waals surface area (Å²) in [6.07, 6.45) is 8.20. The summed E-state index contributed by atoms with van der Waals surface area (Å²) in [6.45, 7) is 0. The largest absolute Gasteiger partial charge is 0.497 e. The molecule has 0 fully saturated rings. The average molecular weight is 621 g/mol. The molecule has 0 unspecified atom stereocenters. The van der Waals surface area contributed by atoms with Crippen LogP contribution in [0.5, 0.6) is 23.0 Å². The Morgan fingerprint density at radius 1 is 0.489 bits per heavy atom. The van der Waals surface area contributed by atoms with Crippen molar-refractivity contribution < 1.29 is 18.9 Å². The molecule has 1 heterocycles. The molecule has 0 N–H and O–H groups in total. The predicted octanol–water partition coefficient (Wildman–Crippen LogP) is 9.08. The number of methoxy groups -OCH3 is 4. The molecule has 6 aromatic rings. The van der Waals surface area contributed by atoms with Gasteiger partial charge < -0.3 is 18.9 Å². The first-order valence-corrected chi connectivity index (χ1v) is 15.2. The maximum atomic E-state index is 5.50. The first-order valence-electron chi connectivity index (χ1n) is 15.2. The minimum Gasteiger partial charge on any atom is -0.497 e. The van der Waals surface area contributed by atoms with Gasteiger partial charge in [-0.05, 0) is 100 Å². The number of aromatic nitrogens is 2. The molecule has 0 radical (unpaired) electrons. The van der Waals surface area contributed by atoms with Crippen molar-refractivity contribution in [1.82, 2.24) is 9.78 Å². The molecule has 234 valence electrons. The van der Waals surface area contributed by atoms with Crippen LogP contribution in [0.3, 0.4) is 0 Å². The molecule has 1 aromatic heterocycles. The third-order valence-electron chi connectivity index (χ3n) is 8.01. The Balaban J connectivity index is 1.62. The zero-order valence-corrected chi connectivity index (χ0v) is 26.9. The second-order valence-electron chi connectivity index (χ2n) is 10.8. The highest BCUT2D eigenvalue weighted by Gasteiger charge is 2.20. The first-order chi connectivity index (χ1) is 23.1. The Bertz CT molecular complexity index is 1850. The second-order valence-corrected chi connectivity index (χ2v) is 10.8. The summed E-state index contributed by atoms with van der Waals surface area (Å²) in [5.74, 6) is 3.20. The summed E-state index contributed by atoms with van der Waals surface area (Å²) in [6, 6.07) is 40.8. The Kier molecular flexibility index (Phi) is 9.49. The Morgan fingerprint density at radius 2 is 0.872 bits per heavy atom. The van der Waals surface area contributed by atoms with E-state index in [1.165, 1.54) is 0 Å². The molecule has 47 heavy (non-hydrogen) atoms. The molecule has 6 nitrogen and oxygen atoms in total. The van der Waals surface area contributed by atoms with Crippen LogP contribution in [0.4, 0.5) is 0 Å². The molecule has 6 heteroatoms. The fraction of sp³-hybridized carbons (Fsp3) is 0.0976. The van der Waals surface area contributed by atoms with E-state index in [0.717, 1.165) is 73.2 Å². The lowest BCUT2D eigenvalue weighted by Gasteiger charge is -2.20. The summed E-state index contributed by atoms with van der Waals surface area (Å²) in [7, 11) is 6.71. The zero-order chi connectivity index (χ0) is 32.6. The molecular weight excluding hydrogens is 584 g/mol. The molecule has 0 spiro atoms. The highest BCUT2D eigenvalue weighted by molar-refractivity contribution is 6.00. The number of nitrogens with zero attached hydrogens (tertiary/aromatic N) is 2. The van der Waals surface area contributed by atoms with Gasteiger partial charge in [-0.3, -0.25) is 0 Å². The molecule has 0 saturated heterocycles. The average Bonchev–Trinajstić information content (AvgIpc) is 3.68. The predicted molar refractivity (Wildman–Crippen MR) is 189 cm³/mol. The van der Waals surface area contributed by atoms with Gasteiger partial charge in [-0.1, -0.05) is 66.7 Å². The molecule has 0 amide bonds. The highest BCUT2D eigenvalue weighted by Crippen LogP contribution is 2.38. The fourth-order valence-electron chi connectivity index (χ4n) is 5.53. The van der Waals surface area contributed by atoms with E-state index in [4.69, 9.17) is 24.0 Å². The van der Waals surface area contributed by atoms with Gasteiger partial charge in [0.1, 0.15) is 23.0 Å². The van der Waals surface area contributed by atoms with Gasteiger partial charge in [0.2, 0.25) is 0 Å². The van der Waals surface area contributed by atoms with Crippen LogP contribution in [0.15, 0.2) is 134 Å². The van der Waals surface area contributed by atoms with Crippen LogP contribution in [-0.2, 0) is 0 Å². The van der Waals surface area contributed by atoms with Crippen molar-refractivity contribution in [3.8, 4) is 28.7 Å². The van der Waals surface area contributed by atoms with Gasteiger partial charge in [-0.2, -0.15) is 5.10 Å². The van der Waals surface area contributed by atoms with Crippen LogP contribution in [0, 0.1) is 0 Å². The summed E-state index contributed by atoms with van der Waals surface area (Å²) >= 11 is 0. The van der Waals surface area contributed by atoms with Crippen LogP contribution < -0.4 is 18.9 Å². The highest BCUT2D eigenvalue weighted by atomic mass is 16.5. The van der Waals surface area contributed by atoms with Gasteiger partial charge in [-0.25, -0.2) is 4.68 Å². The topological polar surface area (TPSA) is 54.7 Å². The van der Waals surface area contributed by atoms with Crippen molar-refractivity contribution in [3.63, 3.8) is 0 Å². The lowest BCUT2D eigenvalue weighted by atomic mass is 9.88. The third kappa shape index (κ3) is 6.97. The summed E-state index contributed by atoms with van der Waals surface area (Å²) in [5.41, 5.74) is 9.20. The normalized spacial score (nSPS) is 11.7. The zero-order valence-electron chi connectivity index (χ0n) is 26.9. The van der Waals surface area contributed by atoms with Crippen molar-refractivity contribution in [2.75, 3.05) is 28.4 Å². The molecule has 0 aliphatic carbocycles. The fourth-order valence-corrected chi connectivity index (χ4v) is 5.53. The summed E-state index contributed by atoms with van der Waals surface area (Å²) in [4.78, 5) is 0. The molecule has 0 aliphatic rings. The third-order valence-corrected chi connectivity index (χ3v) is 8.01. The van der Waals surface area contributed by atoms with Crippen molar-refractivity contribution in [3.05, 3.63) is 167 Å². The van der Waals surface area contributed by atoms with E-state index in [1.54, 1.807) is 34.6 Å². The van der Waals surface area contributed by atoms with Crippen LogP contribution in [-0.4, -0.2) is 38.2 Å². The summed E-state index contributed by atoms with van der Waals surface area (Å²) < 4.78 is 23.8. The van der Waals surface area contributed by atoms with Gasteiger partial charge in [0.15, 0.2) is 0 Å². The Hall–Kier alpha value is -6.01. The van der Waals surface area contributed by atoms with Crippen LogP contribution >= 0.6 is 0 Å². The van der Waals surface area contributed by atoms with E-state index < -0.39 is 0 Å². The lowest BCUT2D eigenvalue weighted by Crippen LogP contribution is -2.06. The summed E-state index contributed by atoms with van der Waals surface area (Å²) in [5, 5.41) is 4.76. The van der Waals surface area contributed by atoms with E-state index in [9.17, 15) is 0 Å². The number of hydrogen-bond acceptors (Lipinski definition) is 5. The number of rotatable bonds is 11. The van der Waals surface area contributed by atoms with Crippen molar-refractivity contribution in [1.29, 1.82) is 0 Å². The van der Waals surface area contributed by atoms with Crippen molar-refractivity contribution in [2.45, 2.75) is 0 Å². The lowest BCUT2D eigenvalue weighted by molar-refractivity contribution is 0.414. The minimum atomic E-state index is 0.794. The van der Waals surface area contributed by atoms with E-state index in [1.807, 2.05) is 65.5 Å². The molecule has 0 saturated carbocycles. The van der Waals surface area contributed by atoms with Crippen LogP contribution in [0.1, 0.15) is 33.4 Å². The minimum absolute atomic E-state index is 0.794. The van der Waals surface area contributed by atoms with Gasteiger partial charge in [-0.15, -0.1) is 0 Å². The number of benzene rings is 5. The van der Waals surface area contributed by atoms with Gasteiger partial charge >= 0.3 is 0 Å². The standard InChI is InChI=1S/C41H36N2O4/c1-44-33-17-9-29(10-18-33)27-39(31-13-21-35(46-3)22-14-31)37-7-5-8-38(41(37)43-26-6-25-42-43)40(32-15-23-36(47-4)24-16-32)28-30-11-19-34(45-2)20-12-30/h5-28H,1-4H3/b39-27+,40-28+. The SMILES string of the molecule is COc1ccc(/C=C(\c2ccc(OC)cc2)c2cccc(/C(=C/c3ccc(OC)cc3)c3ccc(OC)cc3)c2-n2cccn2)cc1. The smallest absolute Gasteiger partial charge is 0.118 e. The molecule has 0 atom stereocenters. The van der Waals surface area contributed by atoms with Gasteiger partial charge in [0.25, 0.3) is 0 Å². The monoisotopic (exact) mass is 620 g/mol. The molecule has 0 bridgehead atoms. The maximum Gasteiger partial charge on any atom is 0.118 e. The van der Waals surface area contributed by atoms with Crippen molar-refractivity contribution in [2.24, 2.45) is 0 Å². The van der Waals surface area contributed by atoms with Gasteiger partial charge in [0.05, 0.1) is 34.1 Å². The molecule has 0 aliphatic heterocycles. The van der Waals surface area contributed by atoms with Crippen LogP contribution in [0.25, 0.3) is 29.0 Å². The molecule has 6 rings (SSSR count). The molecule has 5 aromatic carbocycles. The Labute approximate surface area is 275 Å². The van der Waals surface area contributed by atoms with Crippen molar-refractivity contribution >= 4 is 23.3 Å².